The van der Waals surface area contributed by atoms with Crippen LogP contribution in [0.1, 0.15) is 26.3 Å². The normalized spacial score (nSPS) is 12.6. The highest BCUT2D eigenvalue weighted by atomic mass is 32.1. The van der Waals surface area contributed by atoms with Crippen molar-refractivity contribution < 1.29 is 4.39 Å². The van der Waals surface area contributed by atoms with Gasteiger partial charge in [-0.2, -0.15) is 5.10 Å². The average Bonchev–Trinajstić information content (AvgIpc) is 3.66. The van der Waals surface area contributed by atoms with E-state index in [0.29, 0.717) is 33.6 Å². The van der Waals surface area contributed by atoms with Crippen molar-refractivity contribution in [1.29, 1.82) is 0 Å². The van der Waals surface area contributed by atoms with Crippen LogP contribution in [0.5, 0.6) is 0 Å². The quantitative estimate of drug-likeness (QED) is 0.188. The number of aromatic nitrogens is 5. The van der Waals surface area contributed by atoms with E-state index in [1.807, 2.05) is 48.7 Å². The standard InChI is InChI=1S/C29H27FN6S/c1-6-18(15-19(7-2)32-17(5)16(3)4)20-10-11-21-24(25(20)30)28(36-35-21)29-33-22-12-13-31-27(26(22)34-29)23-9-8-14-37-23/h6-16,32H,2,5H2,1,3-4H3,(H,33,34)(H,35,36)/b18-6+,19-15+. The van der Waals surface area contributed by atoms with Gasteiger partial charge in [-0.15, -0.1) is 11.3 Å². The van der Waals surface area contributed by atoms with Crippen LogP contribution in [0.2, 0.25) is 0 Å². The zero-order valence-electron chi connectivity index (χ0n) is 20.9. The average molecular weight is 511 g/mol. The zero-order valence-corrected chi connectivity index (χ0v) is 21.7. The summed E-state index contributed by atoms with van der Waals surface area (Å²) in [6.07, 6.45) is 7.17. The lowest BCUT2D eigenvalue weighted by Gasteiger charge is -2.14. The van der Waals surface area contributed by atoms with Crippen LogP contribution < -0.4 is 5.32 Å². The third-order valence-corrected chi connectivity index (χ3v) is 7.08. The highest BCUT2D eigenvalue weighted by molar-refractivity contribution is 7.13. The summed E-state index contributed by atoms with van der Waals surface area (Å²) in [5, 5.41) is 13.0. The Balaban J connectivity index is 1.60. The first-order valence-electron chi connectivity index (χ1n) is 11.9. The van der Waals surface area contributed by atoms with Gasteiger partial charge in [-0.1, -0.05) is 39.1 Å². The lowest BCUT2D eigenvalue weighted by atomic mass is 10.0. The number of halogens is 1. The van der Waals surface area contributed by atoms with Crippen LogP contribution in [0, 0.1) is 11.7 Å². The summed E-state index contributed by atoms with van der Waals surface area (Å²) in [6, 6.07) is 9.42. The van der Waals surface area contributed by atoms with Gasteiger partial charge < -0.3 is 10.3 Å². The van der Waals surface area contributed by atoms with Gasteiger partial charge in [0.2, 0.25) is 0 Å². The Labute approximate surface area is 218 Å². The van der Waals surface area contributed by atoms with E-state index in [2.05, 4.69) is 52.5 Å². The Morgan fingerprint density at radius 3 is 2.70 bits per heavy atom. The van der Waals surface area contributed by atoms with Gasteiger partial charge in [0, 0.05) is 23.2 Å². The molecule has 186 valence electrons. The zero-order chi connectivity index (χ0) is 26.1. The predicted molar refractivity (Wildman–Crippen MR) is 151 cm³/mol. The Bertz CT molecular complexity index is 1680. The minimum Gasteiger partial charge on any atom is -0.359 e. The van der Waals surface area contributed by atoms with E-state index in [4.69, 9.17) is 4.98 Å². The number of pyridine rings is 1. The number of hydrogen-bond acceptors (Lipinski definition) is 5. The molecular weight excluding hydrogens is 483 g/mol. The molecule has 3 N–H and O–H groups in total. The molecule has 0 saturated heterocycles. The Hall–Kier alpha value is -4.30. The third kappa shape index (κ3) is 4.51. The van der Waals surface area contributed by atoms with Crippen molar-refractivity contribution in [2.45, 2.75) is 20.8 Å². The number of thiophene rings is 1. The Kier molecular flexibility index (Phi) is 6.58. The molecule has 0 bridgehead atoms. The van der Waals surface area contributed by atoms with Gasteiger partial charge in [-0.05, 0) is 60.2 Å². The second kappa shape index (κ2) is 9.99. The van der Waals surface area contributed by atoms with E-state index >= 15 is 4.39 Å². The number of fused-ring (bicyclic) bond motifs is 2. The molecule has 0 aliphatic carbocycles. The fourth-order valence-corrected chi connectivity index (χ4v) is 4.79. The van der Waals surface area contributed by atoms with Gasteiger partial charge in [0.05, 0.1) is 21.3 Å². The largest absolute Gasteiger partial charge is 0.359 e. The van der Waals surface area contributed by atoms with Gasteiger partial charge in [0.15, 0.2) is 5.82 Å². The van der Waals surface area contributed by atoms with Gasteiger partial charge in [-0.3, -0.25) is 10.1 Å². The molecule has 0 saturated carbocycles. The minimum absolute atomic E-state index is 0.248. The number of allylic oxidation sites excluding steroid dienone is 5. The van der Waals surface area contributed by atoms with Gasteiger partial charge in [-0.25, -0.2) is 9.37 Å². The number of nitrogens with one attached hydrogen (secondary N) is 3. The highest BCUT2D eigenvalue weighted by Gasteiger charge is 2.21. The van der Waals surface area contributed by atoms with Crippen LogP contribution in [0.15, 0.2) is 84.7 Å². The molecule has 37 heavy (non-hydrogen) atoms. The van der Waals surface area contributed by atoms with Crippen molar-refractivity contribution in [2.75, 3.05) is 0 Å². The predicted octanol–water partition coefficient (Wildman–Crippen LogP) is 7.60. The van der Waals surface area contributed by atoms with E-state index in [1.165, 1.54) is 0 Å². The number of hydrogen-bond donors (Lipinski definition) is 3. The molecule has 0 spiro atoms. The summed E-state index contributed by atoms with van der Waals surface area (Å²) in [7, 11) is 0. The number of aromatic amines is 2. The summed E-state index contributed by atoms with van der Waals surface area (Å²) in [5.41, 5.74) is 6.07. The maximum atomic E-state index is 16.1. The number of H-pyrrole nitrogens is 2. The summed E-state index contributed by atoms with van der Waals surface area (Å²) in [4.78, 5) is 13.6. The number of nitrogens with zero attached hydrogens (tertiary/aromatic N) is 3. The van der Waals surface area contributed by atoms with E-state index in [9.17, 15) is 0 Å². The van der Waals surface area contributed by atoms with E-state index in [0.717, 1.165) is 33.0 Å². The fraction of sp³-hybridized carbons (Fsp3) is 0.138. The molecular formula is C29H27FN6S. The first-order chi connectivity index (χ1) is 17.9. The summed E-state index contributed by atoms with van der Waals surface area (Å²) < 4.78 is 16.1. The van der Waals surface area contributed by atoms with Crippen LogP contribution in [-0.4, -0.2) is 25.1 Å². The molecule has 0 aliphatic rings. The van der Waals surface area contributed by atoms with Gasteiger partial charge in [0.25, 0.3) is 0 Å². The molecule has 6 nitrogen and oxygen atoms in total. The molecule has 0 unspecified atom stereocenters. The maximum absolute atomic E-state index is 16.1. The van der Waals surface area contributed by atoms with Crippen LogP contribution in [0.4, 0.5) is 4.39 Å². The molecule has 5 aromatic rings. The van der Waals surface area contributed by atoms with Crippen LogP contribution >= 0.6 is 11.3 Å². The molecule has 0 atom stereocenters. The molecule has 4 aromatic heterocycles. The fourth-order valence-electron chi connectivity index (χ4n) is 4.07. The molecule has 0 fully saturated rings. The lowest BCUT2D eigenvalue weighted by molar-refractivity contribution is 0.636. The topological polar surface area (TPSA) is 82.3 Å². The number of rotatable bonds is 8. The summed E-state index contributed by atoms with van der Waals surface area (Å²) in [5.74, 6) is 0.342. The second-order valence-corrected chi connectivity index (χ2v) is 9.84. The van der Waals surface area contributed by atoms with Crippen molar-refractivity contribution >= 4 is 38.8 Å². The van der Waals surface area contributed by atoms with Gasteiger partial charge in [0.1, 0.15) is 22.7 Å². The third-order valence-electron chi connectivity index (χ3n) is 6.20. The van der Waals surface area contributed by atoms with Crippen LogP contribution in [-0.2, 0) is 0 Å². The summed E-state index contributed by atoms with van der Waals surface area (Å²) in [6.45, 7) is 13.9. The number of imidazole rings is 1. The van der Waals surface area contributed by atoms with Crippen molar-refractivity contribution in [1.82, 2.24) is 30.5 Å². The van der Waals surface area contributed by atoms with Crippen molar-refractivity contribution in [2.24, 2.45) is 5.92 Å². The van der Waals surface area contributed by atoms with Crippen molar-refractivity contribution in [3.05, 3.63) is 96.1 Å². The van der Waals surface area contributed by atoms with E-state index < -0.39 is 0 Å². The molecule has 0 aliphatic heterocycles. The molecule has 1 aromatic carbocycles. The van der Waals surface area contributed by atoms with Crippen molar-refractivity contribution in [3.8, 4) is 22.1 Å². The van der Waals surface area contributed by atoms with Crippen LogP contribution in [0.3, 0.4) is 0 Å². The van der Waals surface area contributed by atoms with E-state index in [-0.39, 0.29) is 11.7 Å². The molecule has 4 heterocycles. The second-order valence-electron chi connectivity index (χ2n) is 8.89. The van der Waals surface area contributed by atoms with Crippen molar-refractivity contribution in [3.63, 3.8) is 0 Å². The highest BCUT2D eigenvalue weighted by Crippen LogP contribution is 2.35. The Morgan fingerprint density at radius 1 is 1.16 bits per heavy atom. The monoisotopic (exact) mass is 510 g/mol. The molecule has 8 heteroatoms. The smallest absolute Gasteiger partial charge is 0.159 e. The lowest BCUT2D eigenvalue weighted by Crippen LogP contribution is -2.14. The SMILES string of the molecule is C=C/C(=C\C(=C/C)c1ccc2[nH]nc(-c3nc4c(-c5cccs5)nccc4[nH]3)c2c1F)NC(=C)C(C)C. The molecule has 0 amide bonds. The van der Waals surface area contributed by atoms with Crippen LogP contribution in [0.25, 0.3) is 49.6 Å². The Morgan fingerprint density at radius 2 is 2.00 bits per heavy atom. The molecule has 0 radical (unpaired) electrons. The first kappa shape index (κ1) is 24.4. The van der Waals surface area contributed by atoms with E-state index in [1.54, 1.807) is 29.7 Å². The molecule has 5 rings (SSSR count). The number of benzene rings is 1. The first-order valence-corrected chi connectivity index (χ1v) is 12.8. The maximum Gasteiger partial charge on any atom is 0.159 e. The minimum atomic E-state index is -0.381. The van der Waals surface area contributed by atoms with Gasteiger partial charge >= 0.3 is 0 Å². The summed E-state index contributed by atoms with van der Waals surface area (Å²) >= 11 is 1.59.